The molecule has 1 aliphatic heterocycles. The number of hydrogen-bond acceptors (Lipinski definition) is 4. The maximum absolute atomic E-state index is 11.9. The lowest BCUT2D eigenvalue weighted by molar-refractivity contribution is -0.124. The van der Waals surface area contributed by atoms with E-state index in [9.17, 15) is 9.59 Å². The first-order valence-corrected chi connectivity index (χ1v) is 8.00. The van der Waals surface area contributed by atoms with Crippen molar-refractivity contribution in [2.24, 2.45) is 0 Å². The quantitative estimate of drug-likeness (QED) is 0.645. The summed E-state index contributed by atoms with van der Waals surface area (Å²) in [5.74, 6) is 0.392. The Morgan fingerprint density at radius 3 is 2.90 bits per heavy atom. The molecule has 1 aromatic rings. The minimum atomic E-state index is -0.257. The fourth-order valence-corrected chi connectivity index (χ4v) is 2.85. The zero-order valence-corrected chi connectivity index (χ0v) is 13.1. The van der Waals surface area contributed by atoms with E-state index < -0.39 is 0 Å². The van der Waals surface area contributed by atoms with Crippen molar-refractivity contribution in [3.63, 3.8) is 0 Å². The van der Waals surface area contributed by atoms with Gasteiger partial charge in [0, 0.05) is 24.1 Å². The van der Waals surface area contributed by atoms with E-state index in [0.717, 1.165) is 5.69 Å². The summed E-state index contributed by atoms with van der Waals surface area (Å²) in [6, 6.07) is 7.22. The Morgan fingerprint density at radius 1 is 1.48 bits per heavy atom. The molecule has 1 aliphatic rings. The Bertz CT molecular complexity index is 577. The molecule has 0 atom stereocenters. The second kappa shape index (κ2) is 7.38. The summed E-state index contributed by atoms with van der Waals surface area (Å²) in [6.07, 6.45) is 1.70. The third-order valence-electron chi connectivity index (χ3n) is 2.89. The van der Waals surface area contributed by atoms with Crippen LogP contribution in [0.3, 0.4) is 0 Å². The summed E-state index contributed by atoms with van der Waals surface area (Å²) in [7, 11) is 0. The molecule has 5 nitrogen and oxygen atoms in total. The van der Waals surface area contributed by atoms with Crippen LogP contribution in [0, 0.1) is 0 Å². The number of rotatable bonds is 5. The van der Waals surface area contributed by atoms with Gasteiger partial charge in [-0.05, 0) is 25.1 Å². The molecule has 21 heavy (non-hydrogen) atoms. The SMILES string of the molecule is CCN1CSC(=CNc2cccc(NC(=O)CCl)c2)C1=O. The van der Waals surface area contributed by atoms with Crippen molar-refractivity contribution >= 4 is 46.6 Å². The number of hydrogen-bond donors (Lipinski definition) is 2. The van der Waals surface area contributed by atoms with Crippen LogP contribution >= 0.6 is 23.4 Å². The molecule has 7 heteroatoms. The zero-order valence-electron chi connectivity index (χ0n) is 11.6. The first kappa shape index (κ1) is 15.7. The van der Waals surface area contributed by atoms with Gasteiger partial charge in [0.2, 0.25) is 5.91 Å². The molecule has 2 rings (SSSR count). The van der Waals surface area contributed by atoms with Crippen molar-refractivity contribution in [1.29, 1.82) is 0 Å². The smallest absolute Gasteiger partial charge is 0.262 e. The lowest BCUT2D eigenvalue weighted by Gasteiger charge is -2.09. The normalized spacial score (nSPS) is 16.4. The van der Waals surface area contributed by atoms with Crippen LogP contribution in [-0.2, 0) is 9.59 Å². The molecule has 1 aromatic carbocycles. The van der Waals surface area contributed by atoms with E-state index in [4.69, 9.17) is 11.6 Å². The molecule has 0 aromatic heterocycles. The van der Waals surface area contributed by atoms with Crippen molar-refractivity contribution in [1.82, 2.24) is 4.90 Å². The van der Waals surface area contributed by atoms with E-state index in [2.05, 4.69) is 10.6 Å². The summed E-state index contributed by atoms with van der Waals surface area (Å²) >= 11 is 6.96. The maximum Gasteiger partial charge on any atom is 0.262 e. The third kappa shape index (κ3) is 4.15. The van der Waals surface area contributed by atoms with E-state index in [0.29, 0.717) is 23.0 Å². The van der Waals surface area contributed by atoms with Gasteiger partial charge in [0.15, 0.2) is 0 Å². The van der Waals surface area contributed by atoms with Crippen molar-refractivity contribution in [3.8, 4) is 0 Å². The lowest BCUT2D eigenvalue weighted by Crippen LogP contribution is -2.24. The fraction of sp³-hybridized carbons (Fsp3) is 0.286. The van der Waals surface area contributed by atoms with Crippen LogP contribution < -0.4 is 10.6 Å². The summed E-state index contributed by atoms with van der Waals surface area (Å²) in [5, 5.41) is 5.75. The van der Waals surface area contributed by atoms with Gasteiger partial charge in [-0.1, -0.05) is 17.8 Å². The number of alkyl halides is 1. The number of carbonyl (C=O) groups is 2. The molecule has 1 heterocycles. The van der Waals surface area contributed by atoms with Gasteiger partial charge < -0.3 is 15.5 Å². The first-order valence-electron chi connectivity index (χ1n) is 6.48. The van der Waals surface area contributed by atoms with Crippen LogP contribution in [0.4, 0.5) is 11.4 Å². The highest BCUT2D eigenvalue weighted by Crippen LogP contribution is 2.27. The maximum atomic E-state index is 11.9. The van der Waals surface area contributed by atoms with Crippen LogP contribution in [0.1, 0.15) is 6.92 Å². The van der Waals surface area contributed by atoms with Crippen molar-refractivity contribution in [2.75, 3.05) is 28.9 Å². The number of likely N-dealkylation sites (N-methyl/N-ethyl adjacent to an activating group) is 1. The van der Waals surface area contributed by atoms with Gasteiger partial charge in [-0.15, -0.1) is 11.6 Å². The minimum absolute atomic E-state index is 0.0431. The molecule has 0 spiro atoms. The van der Waals surface area contributed by atoms with E-state index in [1.54, 1.807) is 23.2 Å². The molecule has 0 saturated carbocycles. The number of amides is 2. The number of benzene rings is 1. The highest BCUT2D eigenvalue weighted by Gasteiger charge is 2.24. The molecule has 2 N–H and O–H groups in total. The molecule has 2 amide bonds. The third-order valence-corrected chi connectivity index (χ3v) is 4.18. The number of halogens is 1. The van der Waals surface area contributed by atoms with Crippen LogP contribution in [0.2, 0.25) is 0 Å². The number of nitrogens with zero attached hydrogens (tertiary/aromatic N) is 1. The van der Waals surface area contributed by atoms with Crippen LogP contribution in [0.15, 0.2) is 35.4 Å². The zero-order chi connectivity index (χ0) is 15.2. The largest absolute Gasteiger partial charge is 0.360 e. The Kier molecular flexibility index (Phi) is 5.52. The molecule has 1 saturated heterocycles. The Morgan fingerprint density at radius 2 is 2.24 bits per heavy atom. The summed E-state index contributed by atoms with van der Waals surface area (Å²) in [5.41, 5.74) is 1.45. The van der Waals surface area contributed by atoms with E-state index in [-0.39, 0.29) is 17.7 Å². The van der Waals surface area contributed by atoms with Gasteiger partial charge in [0.1, 0.15) is 5.88 Å². The molecular formula is C14H16ClN3O2S. The Labute approximate surface area is 132 Å². The lowest BCUT2D eigenvalue weighted by atomic mass is 10.2. The average molecular weight is 326 g/mol. The molecule has 0 bridgehead atoms. The summed E-state index contributed by atoms with van der Waals surface area (Å²) < 4.78 is 0. The standard InChI is InChI=1S/C14H16ClN3O2S/c1-2-18-9-21-12(14(18)20)8-16-10-4-3-5-11(6-10)17-13(19)7-15/h3-6,8,16H,2,7,9H2,1H3,(H,17,19). The predicted molar refractivity (Wildman–Crippen MR) is 87.3 cm³/mol. The topological polar surface area (TPSA) is 61.4 Å². The van der Waals surface area contributed by atoms with E-state index in [1.807, 2.05) is 19.1 Å². The van der Waals surface area contributed by atoms with Crippen molar-refractivity contribution in [2.45, 2.75) is 6.92 Å². The number of carbonyl (C=O) groups excluding carboxylic acids is 2. The summed E-state index contributed by atoms with van der Waals surface area (Å²) in [4.78, 5) is 25.6. The second-order valence-corrected chi connectivity index (χ2v) is 5.60. The van der Waals surface area contributed by atoms with Crippen LogP contribution in [0.5, 0.6) is 0 Å². The van der Waals surface area contributed by atoms with Gasteiger partial charge >= 0.3 is 0 Å². The van der Waals surface area contributed by atoms with Gasteiger partial charge in [0.25, 0.3) is 5.91 Å². The number of thioether (sulfide) groups is 1. The Balaban J connectivity index is 2.02. The predicted octanol–water partition coefficient (Wildman–Crippen LogP) is 2.67. The van der Waals surface area contributed by atoms with Crippen molar-refractivity contribution < 1.29 is 9.59 Å². The number of nitrogens with one attached hydrogen (secondary N) is 2. The molecule has 0 radical (unpaired) electrons. The van der Waals surface area contributed by atoms with Gasteiger partial charge in [-0.25, -0.2) is 0 Å². The van der Waals surface area contributed by atoms with E-state index >= 15 is 0 Å². The van der Waals surface area contributed by atoms with Gasteiger partial charge in [-0.2, -0.15) is 0 Å². The van der Waals surface area contributed by atoms with Crippen LogP contribution in [0.25, 0.3) is 0 Å². The van der Waals surface area contributed by atoms with Crippen LogP contribution in [-0.4, -0.2) is 35.0 Å². The molecule has 0 aliphatic carbocycles. The monoisotopic (exact) mass is 325 g/mol. The van der Waals surface area contributed by atoms with Crippen molar-refractivity contribution in [3.05, 3.63) is 35.4 Å². The average Bonchev–Trinajstić information content (AvgIpc) is 2.85. The highest BCUT2D eigenvalue weighted by atomic mass is 35.5. The first-order chi connectivity index (χ1) is 10.1. The Hall–Kier alpha value is -1.66. The van der Waals surface area contributed by atoms with Gasteiger partial charge in [-0.3, -0.25) is 9.59 Å². The molecule has 1 fully saturated rings. The van der Waals surface area contributed by atoms with E-state index in [1.165, 1.54) is 11.8 Å². The second-order valence-electron chi connectivity index (χ2n) is 4.35. The fourth-order valence-electron chi connectivity index (χ4n) is 1.79. The molecule has 0 unspecified atom stereocenters. The van der Waals surface area contributed by atoms with Gasteiger partial charge in [0.05, 0.1) is 10.8 Å². The number of anilines is 2. The summed E-state index contributed by atoms with van der Waals surface area (Å²) in [6.45, 7) is 2.67. The minimum Gasteiger partial charge on any atom is -0.360 e. The molecule has 112 valence electrons. The highest BCUT2D eigenvalue weighted by molar-refractivity contribution is 8.04. The molecular weight excluding hydrogens is 310 g/mol.